The fourth-order valence-electron chi connectivity index (χ4n) is 2.28. The Kier molecular flexibility index (Phi) is 3.85. The van der Waals surface area contributed by atoms with E-state index < -0.39 is 0 Å². The predicted molar refractivity (Wildman–Crippen MR) is 80.2 cm³/mol. The number of rotatable bonds is 6. The highest BCUT2D eigenvalue weighted by Gasteiger charge is 2.30. The zero-order valence-corrected chi connectivity index (χ0v) is 12.0. The predicted octanol–water partition coefficient (Wildman–Crippen LogP) is 3.30. The largest absolute Gasteiger partial charge is 0.508 e. The van der Waals surface area contributed by atoms with Crippen molar-refractivity contribution in [1.82, 2.24) is 4.90 Å². The van der Waals surface area contributed by atoms with E-state index in [1.165, 1.54) is 17.7 Å². The Hall–Kier alpha value is -1.65. The first kappa shape index (κ1) is 13.3. The summed E-state index contributed by atoms with van der Waals surface area (Å²) < 4.78 is 0. The molecule has 1 fully saturated rings. The minimum Gasteiger partial charge on any atom is -0.508 e. The fourth-order valence-corrected chi connectivity index (χ4v) is 3.01. The number of carbonyl (C=O) groups excluding carboxylic acids is 1. The van der Waals surface area contributed by atoms with Crippen molar-refractivity contribution in [3.63, 3.8) is 0 Å². The lowest BCUT2D eigenvalue weighted by Gasteiger charge is -2.20. The van der Waals surface area contributed by atoms with Crippen LogP contribution in [0, 0.1) is 0 Å². The highest BCUT2D eigenvalue weighted by Crippen LogP contribution is 2.29. The van der Waals surface area contributed by atoms with E-state index in [0.29, 0.717) is 18.2 Å². The number of benzene rings is 1. The lowest BCUT2D eigenvalue weighted by molar-refractivity contribution is 0.0920. The summed E-state index contributed by atoms with van der Waals surface area (Å²) in [6.07, 6.45) is 2.38. The molecule has 1 heterocycles. The third-order valence-electron chi connectivity index (χ3n) is 3.54. The smallest absolute Gasteiger partial charge is 0.176 e. The van der Waals surface area contributed by atoms with Crippen molar-refractivity contribution < 1.29 is 9.90 Å². The molecule has 3 rings (SSSR count). The molecule has 3 nitrogen and oxygen atoms in total. The second-order valence-electron chi connectivity index (χ2n) is 5.19. The van der Waals surface area contributed by atoms with Crippen LogP contribution in [-0.2, 0) is 6.54 Å². The first-order valence-electron chi connectivity index (χ1n) is 6.81. The van der Waals surface area contributed by atoms with Crippen LogP contribution >= 0.6 is 11.3 Å². The van der Waals surface area contributed by atoms with Gasteiger partial charge in [-0.3, -0.25) is 9.69 Å². The summed E-state index contributed by atoms with van der Waals surface area (Å²) in [7, 11) is 0. The molecule has 2 aromatic rings. The Bertz CT molecular complexity index is 573. The van der Waals surface area contributed by atoms with E-state index in [2.05, 4.69) is 16.3 Å². The second kappa shape index (κ2) is 5.77. The van der Waals surface area contributed by atoms with Crippen LogP contribution in [0.5, 0.6) is 5.75 Å². The monoisotopic (exact) mass is 287 g/mol. The molecule has 4 heteroatoms. The second-order valence-corrected chi connectivity index (χ2v) is 6.22. The summed E-state index contributed by atoms with van der Waals surface area (Å²) in [5.74, 6) is 0.313. The SMILES string of the molecule is O=C(CN(Cc1cccs1)C1CC1)c1ccc(O)cc1. The van der Waals surface area contributed by atoms with E-state index in [0.717, 1.165) is 6.54 Å². The molecule has 0 atom stereocenters. The molecular formula is C16H17NO2S. The van der Waals surface area contributed by atoms with Gasteiger partial charge in [0.1, 0.15) is 5.75 Å². The number of ketones is 1. The summed E-state index contributed by atoms with van der Waals surface area (Å²) in [6.45, 7) is 1.31. The van der Waals surface area contributed by atoms with Crippen molar-refractivity contribution in [2.45, 2.75) is 25.4 Å². The minimum absolute atomic E-state index is 0.119. The molecular weight excluding hydrogens is 270 g/mol. The van der Waals surface area contributed by atoms with Gasteiger partial charge in [-0.05, 0) is 48.6 Å². The van der Waals surface area contributed by atoms with Gasteiger partial charge >= 0.3 is 0 Å². The van der Waals surface area contributed by atoms with Crippen LogP contribution in [0.2, 0.25) is 0 Å². The maximum absolute atomic E-state index is 12.3. The number of thiophene rings is 1. The van der Waals surface area contributed by atoms with Crippen LogP contribution in [-0.4, -0.2) is 28.4 Å². The Morgan fingerprint density at radius 2 is 2.00 bits per heavy atom. The van der Waals surface area contributed by atoms with Gasteiger partial charge in [0.15, 0.2) is 5.78 Å². The molecule has 104 valence electrons. The summed E-state index contributed by atoms with van der Waals surface area (Å²) >= 11 is 1.74. The first-order chi connectivity index (χ1) is 9.72. The molecule has 0 amide bonds. The van der Waals surface area contributed by atoms with E-state index in [4.69, 9.17) is 0 Å². The molecule has 1 aliphatic rings. The topological polar surface area (TPSA) is 40.5 Å². The molecule has 1 saturated carbocycles. The van der Waals surface area contributed by atoms with Gasteiger partial charge in [-0.15, -0.1) is 11.3 Å². The van der Waals surface area contributed by atoms with Crippen molar-refractivity contribution >= 4 is 17.1 Å². The lowest BCUT2D eigenvalue weighted by atomic mass is 10.1. The normalized spacial score (nSPS) is 14.7. The number of Topliss-reactive ketones (excluding diaryl/α,β-unsaturated/α-hetero) is 1. The average Bonchev–Trinajstić information content (AvgIpc) is 3.17. The Balaban J connectivity index is 1.67. The number of hydrogen-bond donors (Lipinski definition) is 1. The van der Waals surface area contributed by atoms with Crippen LogP contribution in [0.1, 0.15) is 28.1 Å². The summed E-state index contributed by atoms with van der Waals surface area (Å²) in [6, 6.07) is 11.2. The van der Waals surface area contributed by atoms with Gasteiger partial charge in [0.25, 0.3) is 0 Å². The van der Waals surface area contributed by atoms with Crippen LogP contribution in [0.15, 0.2) is 41.8 Å². The standard InChI is InChI=1S/C16H17NO2S/c18-14-7-3-12(4-8-14)16(19)11-17(13-5-6-13)10-15-2-1-9-20-15/h1-4,7-9,13,18H,5-6,10-11H2. The summed E-state index contributed by atoms with van der Waals surface area (Å²) in [5, 5.41) is 11.3. The number of hydrogen-bond acceptors (Lipinski definition) is 4. The van der Waals surface area contributed by atoms with Gasteiger partial charge < -0.3 is 5.11 Å². The van der Waals surface area contributed by atoms with E-state index in [9.17, 15) is 9.90 Å². The number of carbonyl (C=O) groups is 1. The van der Waals surface area contributed by atoms with Gasteiger partial charge in [-0.25, -0.2) is 0 Å². The zero-order chi connectivity index (χ0) is 13.9. The Morgan fingerprint density at radius 1 is 1.25 bits per heavy atom. The maximum atomic E-state index is 12.3. The van der Waals surface area contributed by atoms with E-state index in [-0.39, 0.29) is 11.5 Å². The van der Waals surface area contributed by atoms with Crippen molar-refractivity contribution in [3.05, 3.63) is 52.2 Å². The van der Waals surface area contributed by atoms with Gasteiger partial charge in [0, 0.05) is 23.0 Å². The molecule has 1 aromatic heterocycles. The Morgan fingerprint density at radius 3 is 2.60 bits per heavy atom. The summed E-state index contributed by atoms with van der Waals surface area (Å²) in [4.78, 5) is 15.9. The number of phenolic OH excluding ortho intramolecular Hbond substituents is 1. The molecule has 1 aliphatic carbocycles. The molecule has 0 unspecified atom stereocenters. The fraction of sp³-hybridized carbons (Fsp3) is 0.312. The third-order valence-corrected chi connectivity index (χ3v) is 4.40. The highest BCUT2D eigenvalue weighted by atomic mass is 32.1. The van der Waals surface area contributed by atoms with E-state index in [1.54, 1.807) is 35.6 Å². The van der Waals surface area contributed by atoms with Crippen molar-refractivity contribution in [3.8, 4) is 5.75 Å². The first-order valence-corrected chi connectivity index (χ1v) is 7.69. The molecule has 1 aromatic carbocycles. The molecule has 20 heavy (non-hydrogen) atoms. The van der Waals surface area contributed by atoms with Gasteiger partial charge in [-0.2, -0.15) is 0 Å². The molecule has 1 N–H and O–H groups in total. The van der Waals surface area contributed by atoms with Crippen LogP contribution in [0.4, 0.5) is 0 Å². The van der Waals surface area contributed by atoms with Gasteiger partial charge in [-0.1, -0.05) is 6.07 Å². The molecule has 0 saturated heterocycles. The molecule has 0 radical (unpaired) electrons. The van der Waals surface area contributed by atoms with Crippen molar-refractivity contribution in [2.75, 3.05) is 6.54 Å². The van der Waals surface area contributed by atoms with Gasteiger partial charge in [0.05, 0.1) is 6.54 Å². The minimum atomic E-state index is 0.119. The van der Waals surface area contributed by atoms with Gasteiger partial charge in [0.2, 0.25) is 0 Å². The van der Waals surface area contributed by atoms with E-state index >= 15 is 0 Å². The number of phenols is 1. The Labute approximate surface area is 122 Å². The van der Waals surface area contributed by atoms with Crippen molar-refractivity contribution in [1.29, 1.82) is 0 Å². The van der Waals surface area contributed by atoms with E-state index in [1.807, 2.05) is 6.07 Å². The van der Waals surface area contributed by atoms with Crippen LogP contribution < -0.4 is 0 Å². The number of nitrogens with zero attached hydrogens (tertiary/aromatic N) is 1. The average molecular weight is 287 g/mol. The molecule has 0 bridgehead atoms. The lowest BCUT2D eigenvalue weighted by Crippen LogP contribution is -2.31. The number of aromatic hydroxyl groups is 1. The molecule has 0 aliphatic heterocycles. The zero-order valence-electron chi connectivity index (χ0n) is 11.2. The van der Waals surface area contributed by atoms with Crippen LogP contribution in [0.25, 0.3) is 0 Å². The van der Waals surface area contributed by atoms with Crippen LogP contribution in [0.3, 0.4) is 0 Å². The highest BCUT2D eigenvalue weighted by molar-refractivity contribution is 7.09. The summed E-state index contributed by atoms with van der Waals surface area (Å²) in [5.41, 5.74) is 0.666. The molecule has 0 spiro atoms. The maximum Gasteiger partial charge on any atom is 0.176 e. The quantitative estimate of drug-likeness (QED) is 0.829. The third kappa shape index (κ3) is 3.26. The van der Waals surface area contributed by atoms with Crippen molar-refractivity contribution in [2.24, 2.45) is 0 Å².